The van der Waals surface area contributed by atoms with Gasteiger partial charge in [0.2, 0.25) is 11.8 Å². The van der Waals surface area contributed by atoms with Crippen LogP contribution in [0.15, 0.2) is 30.6 Å². The van der Waals surface area contributed by atoms with E-state index >= 15 is 0 Å². The second-order valence-electron chi connectivity index (χ2n) is 6.98. The number of hydrogen-bond acceptors (Lipinski definition) is 4. The first-order valence-corrected chi connectivity index (χ1v) is 8.78. The first kappa shape index (κ1) is 16.1. The van der Waals surface area contributed by atoms with Gasteiger partial charge in [-0.15, -0.1) is 0 Å². The SMILES string of the molecule is CN1CC(C(=O)N2CCN(Cc3cn4ccccc4n3)CC2)CC1=O. The van der Waals surface area contributed by atoms with Crippen molar-refractivity contribution in [3.05, 3.63) is 36.3 Å². The van der Waals surface area contributed by atoms with E-state index in [0.29, 0.717) is 13.0 Å². The highest BCUT2D eigenvalue weighted by Crippen LogP contribution is 2.20. The summed E-state index contributed by atoms with van der Waals surface area (Å²) >= 11 is 0. The molecule has 132 valence electrons. The summed E-state index contributed by atoms with van der Waals surface area (Å²) in [7, 11) is 1.77. The summed E-state index contributed by atoms with van der Waals surface area (Å²) in [5.74, 6) is 0.0383. The fraction of sp³-hybridized carbons (Fsp3) is 0.500. The zero-order chi connectivity index (χ0) is 17.4. The van der Waals surface area contributed by atoms with Gasteiger partial charge in [-0.05, 0) is 12.1 Å². The monoisotopic (exact) mass is 341 g/mol. The topological polar surface area (TPSA) is 61.2 Å². The Labute approximate surface area is 146 Å². The summed E-state index contributed by atoms with van der Waals surface area (Å²) in [6, 6.07) is 5.98. The molecule has 0 bridgehead atoms. The number of fused-ring (bicyclic) bond motifs is 1. The lowest BCUT2D eigenvalue weighted by Crippen LogP contribution is -2.50. The van der Waals surface area contributed by atoms with Crippen molar-refractivity contribution in [3.8, 4) is 0 Å². The van der Waals surface area contributed by atoms with E-state index in [2.05, 4.69) is 16.1 Å². The second-order valence-corrected chi connectivity index (χ2v) is 6.98. The molecule has 2 saturated heterocycles. The van der Waals surface area contributed by atoms with Crippen molar-refractivity contribution in [2.24, 2.45) is 5.92 Å². The second kappa shape index (κ2) is 6.48. The number of piperazine rings is 1. The van der Waals surface area contributed by atoms with Gasteiger partial charge in [0.1, 0.15) is 5.65 Å². The minimum absolute atomic E-state index is 0.0730. The van der Waals surface area contributed by atoms with Crippen LogP contribution in [0.1, 0.15) is 12.1 Å². The van der Waals surface area contributed by atoms with E-state index in [0.717, 1.165) is 44.1 Å². The molecule has 4 rings (SSSR count). The Hall–Kier alpha value is -2.41. The molecule has 1 atom stereocenters. The average molecular weight is 341 g/mol. The van der Waals surface area contributed by atoms with E-state index in [1.807, 2.05) is 33.7 Å². The first-order valence-electron chi connectivity index (χ1n) is 8.78. The highest BCUT2D eigenvalue weighted by molar-refractivity contribution is 5.89. The number of rotatable bonds is 3. The van der Waals surface area contributed by atoms with E-state index in [4.69, 9.17) is 0 Å². The maximum absolute atomic E-state index is 12.6. The quantitative estimate of drug-likeness (QED) is 0.814. The van der Waals surface area contributed by atoms with Gasteiger partial charge in [-0.3, -0.25) is 14.5 Å². The molecule has 0 aromatic carbocycles. The Morgan fingerprint density at radius 2 is 2.04 bits per heavy atom. The predicted molar refractivity (Wildman–Crippen MR) is 92.8 cm³/mol. The third-order valence-corrected chi connectivity index (χ3v) is 5.17. The molecular weight excluding hydrogens is 318 g/mol. The number of pyridine rings is 1. The van der Waals surface area contributed by atoms with Gasteiger partial charge < -0.3 is 14.2 Å². The summed E-state index contributed by atoms with van der Waals surface area (Å²) in [5, 5.41) is 0. The van der Waals surface area contributed by atoms with Crippen LogP contribution in [0.3, 0.4) is 0 Å². The van der Waals surface area contributed by atoms with Crippen LogP contribution < -0.4 is 0 Å². The van der Waals surface area contributed by atoms with Gasteiger partial charge >= 0.3 is 0 Å². The molecule has 0 saturated carbocycles. The predicted octanol–water partition coefficient (Wildman–Crippen LogP) is 0.457. The van der Waals surface area contributed by atoms with Gasteiger partial charge in [-0.1, -0.05) is 6.07 Å². The Morgan fingerprint density at radius 3 is 2.72 bits per heavy atom. The molecule has 25 heavy (non-hydrogen) atoms. The molecule has 7 nitrogen and oxygen atoms in total. The maximum Gasteiger partial charge on any atom is 0.228 e. The van der Waals surface area contributed by atoms with Gasteiger partial charge in [-0.2, -0.15) is 0 Å². The molecule has 2 aromatic heterocycles. The third-order valence-electron chi connectivity index (χ3n) is 5.17. The number of carbonyl (C=O) groups is 2. The highest BCUT2D eigenvalue weighted by atomic mass is 16.2. The van der Waals surface area contributed by atoms with Gasteiger partial charge in [0, 0.05) is 65.1 Å². The molecule has 0 spiro atoms. The van der Waals surface area contributed by atoms with Crippen LogP contribution in [0, 0.1) is 5.92 Å². The number of carbonyl (C=O) groups excluding carboxylic acids is 2. The van der Waals surface area contributed by atoms with E-state index in [-0.39, 0.29) is 17.7 Å². The van der Waals surface area contributed by atoms with Gasteiger partial charge in [0.15, 0.2) is 0 Å². The Balaban J connectivity index is 1.32. The van der Waals surface area contributed by atoms with Crippen LogP contribution in [0.5, 0.6) is 0 Å². The largest absolute Gasteiger partial charge is 0.345 e. The fourth-order valence-electron chi connectivity index (χ4n) is 3.71. The molecular formula is C18H23N5O2. The van der Waals surface area contributed by atoms with Crippen LogP contribution in [0.25, 0.3) is 5.65 Å². The Bertz CT molecular complexity index is 761. The van der Waals surface area contributed by atoms with Crippen molar-refractivity contribution >= 4 is 17.5 Å². The maximum atomic E-state index is 12.6. The average Bonchev–Trinajstić information content (AvgIpc) is 3.17. The fourth-order valence-corrected chi connectivity index (χ4v) is 3.71. The van der Waals surface area contributed by atoms with E-state index in [1.54, 1.807) is 11.9 Å². The van der Waals surface area contributed by atoms with Crippen molar-refractivity contribution in [2.45, 2.75) is 13.0 Å². The van der Waals surface area contributed by atoms with Crippen LogP contribution >= 0.6 is 0 Å². The molecule has 2 aliphatic heterocycles. The van der Waals surface area contributed by atoms with Crippen LogP contribution in [0.4, 0.5) is 0 Å². The normalized spacial score (nSPS) is 22.1. The molecule has 1 unspecified atom stereocenters. The van der Waals surface area contributed by atoms with Gasteiger partial charge in [0.25, 0.3) is 0 Å². The van der Waals surface area contributed by atoms with E-state index in [9.17, 15) is 9.59 Å². The Morgan fingerprint density at radius 1 is 1.24 bits per heavy atom. The zero-order valence-electron chi connectivity index (χ0n) is 14.5. The zero-order valence-corrected chi connectivity index (χ0v) is 14.5. The number of aromatic nitrogens is 2. The Kier molecular flexibility index (Phi) is 4.17. The lowest BCUT2D eigenvalue weighted by atomic mass is 10.1. The van der Waals surface area contributed by atoms with Crippen LogP contribution in [-0.2, 0) is 16.1 Å². The molecule has 4 heterocycles. The molecule has 2 fully saturated rings. The van der Waals surface area contributed by atoms with Crippen molar-refractivity contribution in [3.63, 3.8) is 0 Å². The summed E-state index contributed by atoms with van der Waals surface area (Å²) in [6.45, 7) is 4.49. The van der Waals surface area contributed by atoms with E-state index < -0.39 is 0 Å². The number of nitrogens with zero attached hydrogens (tertiary/aromatic N) is 5. The molecule has 2 aliphatic rings. The summed E-state index contributed by atoms with van der Waals surface area (Å²) in [6.07, 6.45) is 4.42. The summed E-state index contributed by atoms with van der Waals surface area (Å²) in [4.78, 5) is 34.8. The van der Waals surface area contributed by atoms with Gasteiger partial charge in [0.05, 0.1) is 11.6 Å². The molecule has 0 radical (unpaired) electrons. The first-order chi connectivity index (χ1) is 12.1. The standard InChI is InChI=1S/C18H23N5O2/c1-20-11-14(10-17(20)24)18(25)22-8-6-21(7-9-22)12-15-13-23-5-3-2-4-16(23)19-15/h2-5,13-14H,6-12H2,1H3. The third kappa shape index (κ3) is 3.24. The summed E-state index contributed by atoms with van der Waals surface area (Å²) in [5.41, 5.74) is 2.01. The van der Waals surface area contributed by atoms with Gasteiger partial charge in [-0.25, -0.2) is 4.98 Å². The van der Waals surface area contributed by atoms with Crippen LogP contribution in [0.2, 0.25) is 0 Å². The molecule has 7 heteroatoms. The smallest absolute Gasteiger partial charge is 0.228 e. The van der Waals surface area contributed by atoms with Crippen molar-refractivity contribution in [1.29, 1.82) is 0 Å². The molecule has 0 aliphatic carbocycles. The van der Waals surface area contributed by atoms with Crippen molar-refractivity contribution in [2.75, 3.05) is 39.8 Å². The van der Waals surface area contributed by atoms with Crippen molar-refractivity contribution in [1.82, 2.24) is 24.1 Å². The number of hydrogen-bond donors (Lipinski definition) is 0. The number of imidazole rings is 1. The molecule has 2 amide bonds. The van der Waals surface area contributed by atoms with E-state index in [1.165, 1.54) is 0 Å². The molecule has 2 aromatic rings. The minimum Gasteiger partial charge on any atom is -0.345 e. The number of amides is 2. The highest BCUT2D eigenvalue weighted by Gasteiger charge is 2.35. The molecule has 0 N–H and O–H groups in total. The summed E-state index contributed by atoms with van der Waals surface area (Å²) < 4.78 is 2.03. The van der Waals surface area contributed by atoms with Crippen LogP contribution in [-0.4, -0.2) is 75.7 Å². The minimum atomic E-state index is -0.164. The lowest BCUT2D eigenvalue weighted by molar-refractivity contribution is -0.137. The van der Waals surface area contributed by atoms with Crippen molar-refractivity contribution < 1.29 is 9.59 Å². The lowest BCUT2D eigenvalue weighted by Gasteiger charge is -2.35. The number of likely N-dealkylation sites (tertiary alicyclic amines) is 1.